The number of fused-ring (bicyclic) bond motifs is 1. The van der Waals surface area contributed by atoms with Gasteiger partial charge >= 0.3 is 0 Å². The van der Waals surface area contributed by atoms with Crippen molar-refractivity contribution in [3.63, 3.8) is 0 Å². The number of nitrogens with one attached hydrogen (secondary N) is 1. The Morgan fingerprint density at radius 3 is 2.90 bits per heavy atom. The van der Waals surface area contributed by atoms with Crippen molar-refractivity contribution in [2.45, 2.75) is 32.7 Å². The first-order chi connectivity index (χ1) is 9.45. The van der Waals surface area contributed by atoms with Crippen LogP contribution in [-0.2, 0) is 0 Å². The summed E-state index contributed by atoms with van der Waals surface area (Å²) in [6.07, 6.45) is 2.10. The second-order valence-corrected chi connectivity index (χ2v) is 6.53. The van der Waals surface area contributed by atoms with Gasteiger partial charge in [0.2, 0.25) is 0 Å². The summed E-state index contributed by atoms with van der Waals surface area (Å²) in [6.45, 7) is 5.86. The minimum Gasteiger partial charge on any atom is -0.394 e. The molecule has 1 unspecified atom stereocenters. The van der Waals surface area contributed by atoms with Crippen molar-refractivity contribution in [1.82, 2.24) is 15.3 Å². The number of carbonyl (C=O) groups excluding carboxylic acids is 1. The average Bonchev–Trinajstić information content (AvgIpc) is 2.85. The molecule has 2 aromatic heterocycles. The average molecular weight is 293 g/mol. The van der Waals surface area contributed by atoms with Gasteiger partial charge in [-0.25, -0.2) is 9.97 Å². The van der Waals surface area contributed by atoms with Gasteiger partial charge in [0, 0.05) is 5.39 Å². The Hall–Kier alpha value is -1.53. The van der Waals surface area contributed by atoms with Crippen LogP contribution in [0.2, 0.25) is 0 Å². The van der Waals surface area contributed by atoms with Crippen molar-refractivity contribution >= 4 is 27.5 Å². The van der Waals surface area contributed by atoms with Gasteiger partial charge in [-0.15, -0.1) is 11.3 Å². The molecule has 20 heavy (non-hydrogen) atoms. The van der Waals surface area contributed by atoms with E-state index in [-0.39, 0.29) is 12.5 Å². The summed E-state index contributed by atoms with van der Waals surface area (Å²) in [4.78, 5) is 21.4. The lowest BCUT2D eigenvalue weighted by atomic mass is 9.91. The van der Waals surface area contributed by atoms with Crippen molar-refractivity contribution in [3.8, 4) is 0 Å². The molecule has 5 nitrogen and oxygen atoms in total. The standard InChI is InChI=1S/C14H19N3O2S/c1-9(2)6-14(3,7-18)17-12(19)11-10-4-5-20-13(10)16-8-15-11/h4-5,8-9,18H,6-7H2,1-3H3,(H,17,19). The van der Waals surface area contributed by atoms with Crippen LogP contribution in [-0.4, -0.2) is 33.1 Å². The number of aliphatic hydroxyl groups is 1. The van der Waals surface area contributed by atoms with Crippen LogP contribution in [0.25, 0.3) is 10.2 Å². The third-order valence-electron chi connectivity index (χ3n) is 3.10. The first kappa shape index (κ1) is 14.9. The summed E-state index contributed by atoms with van der Waals surface area (Å²) in [5.74, 6) is 0.104. The number of thiophene rings is 1. The van der Waals surface area contributed by atoms with E-state index in [0.717, 1.165) is 10.2 Å². The minimum absolute atomic E-state index is 0.102. The van der Waals surface area contributed by atoms with Crippen LogP contribution < -0.4 is 5.32 Å². The Balaban J connectivity index is 2.25. The second-order valence-electron chi connectivity index (χ2n) is 5.63. The molecule has 0 fully saturated rings. The highest BCUT2D eigenvalue weighted by molar-refractivity contribution is 7.16. The lowest BCUT2D eigenvalue weighted by Gasteiger charge is -2.30. The Bertz CT molecular complexity index is 611. The van der Waals surface area contributed by atoms with Gasteiger partial charge in [0.15, 0.2) is 0 Å². The molecule has 1 atom stereocenters. The van der Waals surface area contributed by atoms with Crippen molar-refractivity contribution < 1.29 is 9.90 Å². The molecule has 0 saturated heterocycles. The van der Waals surface area contributed by atoms with Gasteiger partial charge in [-0.1, -0.05) is 13.8 Å². The first-order valence-corrected chi connectivity index (χ1v) is 7.45. The van der Waals surface area contributed by atoms with Gasteiger partial charge in [-0.05, 0) is 30.7 Å². The number of hydrogen-bond acceptors (Lipinski definition) is 5. The molecule has 2 heterocycles. The number of carbonyl (C=O) groups is 1. The zero-order valence-electron chi connectivity index (χ0n) is 11.9. The predicted molar refractivity (Wildman–Crippen MR) is 79.8 cm³/mol. The fourth-order valence-corrected chi connectivity index (χ4v) is 3.09. The molecule has 0 aliphatic heterocycles. The minimum atomic E-state index is -0.640. The molecule has 2 N–H and O–H groups in total. The molecule has 108 valence electrons. The van der Waals surface area contributed by atoms with Crippen LogP contribution in [0.4, 0.5) is 0 Å². The normalized spacial score (nSPS) is 14.4. The summed E-state index contributed by atoms with van der Waals surface area (Å²) in [7, 11) is 0. The molecule has 0 radical (unpaired) electrons. The molecule has 0 saturated carbocycles. The molecule has 0 aliphatic carbocycles. The highest BCUT2D eigenvalue weighted by atomic mass is 32.1. The fourth-order valence-electron chi connectivity index (χ4n) is 2.36. The quantitative estimate of drug-likeness (QED) is 0.886. The van der Waals surface area contributed by atoms with Gasteiger partial charge in [0.1, 0.15) is 16.9 Å². The highest BCUT2D eigenvalue weighted by Crippen LogP contribution is 2.22. The van der Waals surface area contributed by atoms with Crippen molar-refractivity contribution in [3.05, 3.63) is 23.5 Å². The summed E-state index contributed by atoms with van der Waals surface area (Å²) in [6, 6.07) is 1.84. The molecule has 6 heteroatoms. The van der Waals surface area contributed by atoms with E-state index in [1.807, 2.05) is 18.4 Å². The Kier molecular flexibility index (Phi) is 4.35. The van der Waals surface area contributed by atoms with E-state index in [9.17, 15) is 9.90 Å². The molecule has 1 amide bonds. The third kappa shape index (κ3) is 3.13. The van der Waals surface area contributed by atoms with E-state index < -0.39 is 5.54 Å². The fraction of sp³-hybridized carbons (Fsp3) is 0.500. The summed E-state index contributed by atoms with van der Waals surface area (Å²) >= 11 is 1.47. The van der Waals surface area contributed by atoms with Crippen LogP contribution in [0, 0.1) is 5.92 Å². The van der Waals surface area contributed by atoms with E-state index in [1.54, 1.807) is 0 Å². The number of rotatable bonds is 5. The first-order valence-electron chi connectivity index (χ1n) is 6.57. The number of amides is 1. The van der Waals surface area contributed by atoms with Crippen LogP contribution in [0.1, 0.15) is 37.7 Å². The second kappa shape index (κ2) is 5.85. The van der Waals surface area contributed by atoms with Crippen molar-refractivity contribution in [2.75, 3.05) is 6.61 Å². The monoisotopic (exact) mass is 293 g/mol. The lowest BCUT2D eigenvalue weighted by molar-refractivity contribution is 0.0822. The molecular formula is C14H19N3O2S. The maximum atomic E-state index is 12.4. The van der Waals surface area contributed by atoms with Crippen molar-refractivity contribution in [1.29, 1.82) is 0 Å². The van der Waals surface area contributed by atoms with Crippen LogP contribution in [0.5, 0.6) is 0 Å². The summed E-state index contributed by atoms with van der Waals surface area (Å²) < 4.78 is 0. The molecule has 2 aromatic rings. The predicted octanol–water partition coefficient (Wildman–Crippen LogP) is 2.22. The number of hydrogen-bond donors (Lipinski definition) is 2. The van der Waals surface area contributed by atoms with E-state index >= 15 is 0 Å². The number of aromatic nitrogens is 2. The van der Waals surface area contributed by atoms with Crippen molar-refractivity contribution in [2.24, 2.45) is 5.92 Å². The largest absolute Gasteiger partial charge is 0.394 e. The molecule has 0 bridgehead atoms. The lowest BCUT2D eigenvalue weighted by Crippen LogP contribution is -2.50. The zero-order chi connectivity index (χ0) is 14.8. The molecule has 0 aliphatic rings. The van der Waals surface area contributed by atoms with Gasteiger partial charge in [-0.3, -0.25) is 4.79 Å². The summed E-state index contributed by atoms with van der Waals surface area (Å²) in [5, 5.41) is 15.1. The topological polar surface area (TPSA) is 75.1 Å². The van der Waals surface area contributed by atoms with Gasteiger partial charge in [-0.2, -0.15) is 0 Å². The Labute approximate surface area is 122 Å². The molecule has 2 rings (SSSR count). The summed E-state index contributed by atoms with van der Waals surface area (Å²) in [5.41, 5.74) is -0.280. The van der Waals surface area contributed by atoms with E-state index in [0.29, 0.717) is 18.0 Å². The van der Waals surface area contributed by atoms with E-state index in [4.69, 9.17) is 0 Å². The molecule has 0 spiro atoms. The smallest absolute Gasteiger partial charge is 0.271 e. The van der Waals surface area contributed by atoms with Gasteiger partial charge in [0.05, 0.1) is 12.1 Å². The van der Waals surface area contributed by atoms with E-state index in [2.05, 4.69) is 29.1 Å². The van der Waals surface area contributed by atoms with Crippen LogP contribution in [0.3, 0.4) is 0 Å². The Morgan fingerprint density at radius 2 is 2.25 bits per heavy atom. The number of nitrogens with zero attached hydrogens (tertiary/aromatic N) is 2. The van der Waals surface area contributed by atoms with Crippen LogP contribution >= 0.6 is 11.3 Å². The number of aliphatic hydroxyl groups excluding tert-OH is 1. The van der Waals surface area contributed by atoms with Gasteiger partial charge < -0.3 is 10.4 Å². The molecular weight excluding hydrogens is 274 g/mol. The van der Waals surface area contributed by atoms with Crippen LogP contribution in [0.15, 0.2) is 17.8 Å². The SMILES string of the molecule is CC(C)CC(C)(CO)NC(=O)c1ncnc2sccc12. The maximum absolute atomic E-state index is 12.4. The maximum Gasteiger partial charge on any atom is 0.271 e. The molecule has 0 aromatic carbocycles. The van der Waals surface area contributed by atoms with Gasteiger partial charge in [0.25, 0.3) is 5.91 Å². The zero-order valence-corrected chi connectivity index (χ0v) is 12.7. The Morgan fingerprint density at radius 1 is 1.50 bits per heavy atom. The highest BCUT2D eigenvalue weighted by Gasteiger charge is 2.28. The third-order valence-corrected chi connectivity index (χ3v) is 3.92. The van der Waals surface area contributed by atoms with E-state index in [1.165, 1.54) is 17.7 Å².